The second kappa shape index (κ2) is 10.5. The van der Waals surface area contributed by atoms with Crippen LogP contribution in [0.25, 0.3) is 0 Å². The maximum absolute atomic E-state index is 11.0. The van der Waals surface area contributed by atoms with Gasteiger partial charge in [0.05, 0.1) is 17.4 Å². The molecule has 4 nitrogen and oxygen atoms in total. The average Bonchev–Trinajstić information content (AvgIpc) is 2.10. The Labute approximate surface area is 137 Å². The van der Waals surface area contributed by atoms with Crippen LogP contribution in [0.3, 0.4) is 0 Å². The molecule has 0 radical (unpaired) electrons. The molecule has 17 heavy (non-hydrogen) atoms. The molecule has 0 amide bonds. The molecule has 0 N–H and O–H groups in total. The van der Waals surface area contributed by atoms with Crippen LogP contribution >= 0.6 is 0 Å². The van der Waals surface area contributed by atoms with Crippen LogP contribution < -0.4 is 58.6 Å². The third kappa shape index (κ3) is 5.80. The van der Waals surface area contributed by atoms with E-state index in [2.05, 4.69) is 0 Å². The van der Waals surface area contributed by atoms with Crippen molar-refractivity contribution < 1.29 is 68.2 Å². The Kier molecular flexibility index (Phi) is 14.0. The number of rotatable bonds is 7. The van der Waals surface area contributed by atoms with E-state index in [9.17, 15) is 19.8 Å². The van der Waals surface area contributed by atoms with E-state index >= 15 is 0 Å². The second-order valence-corrected chi connectivity index (χ2v) is 4.16. The molecule has 0 saturated heterocycles. The maximum atomic E-state index is 11.0. The van der Waals surface area contributed by atoms with Crippen molar-refractivity contribution in [1.29, 1.82) is 0 Å². The van der Waals surface area contributed by atoms with Crippen molar-refractivity contribution >= 4 is 11.9 Å². The fourth-order valence-electron chi connectivity index (χ4n) is 1.70. The Balaban J connectivity index is -0.000000980. The van der Waals surface area contributed by atoms with E-state index in [0.29, 0.717) is 6.42 Å². The molecule has 6 heteroatoms. The van der Waals surface area contributed by atoms with Gasteiger partial charge in [-0.3, -0.25) is 0 Å². The Hall–Kier alpha value is 0.537. The summed E-state index contributed by atoms with van der Waals surface area (Å²) in [6.45, 7) is 5.10. The third-order valence-electron chi connectivity index (χ3n) is 2.89. The molecule has 0 heterocycles. The molecule has 0 aliphatic heterocycles. The molecule has 0 atom stereocenters. The fraction of sp³-hybridized carbons (Fsp3) is 0.818. The van der Waals surface area contributed by atoms with Crippen molar-refractivity contribution in [3.05, 3.63) is 0 Å². The molecule has 0 aromatic heterocycles. The van der Waals surface area contributed by atoms with Crippen molar-refractivity contribution in [3.8, 4) is 0 Å². The zero-order valence-corrected chi connectivity index (χ0v) is 13.5. The summed E-state index contributed by atoms with van der Waals surface area (Å²) in [6.07, 6.45) is 2.38. The van der Waals surface area contributed by atoms with E-state index in [-0.39, 0.29) is 54.8 Å². The predicted octanol–water partition coefficient (Wildman–Crippen LogP) is -6.28. The molecule has 0 fully saturated rings. The van der Waals surface area contributed by atoms with E-state index in [1.807, 2.05) is 6.92 Å². The van der Waals surface area contributed by atoms with Crippen LogP contribution in [0, 0.1) is 11.3 Å². The molecule has 0 aliphatic carbocycles. The first-order valence-corrected chi connectivity index (χ1v) is 5.32. The van der Waals surface area contributed by atoms with Gasteiger partial charge in [0.2, 0.25) is 0 Å². The summed E-state index contributed by atoms with van der Waals surface area (Å²) in [4.78, 5) is 21.9. The second-order valence-electron chi connectivity index (χ2n) is 4.16. The zero-order chi connectivity index (χ0) is 12.1. The van der Waals surface area contributed by atoms with Gasteiger partial charge in [-0.2, -0.15) is 0 Å². The summed E-state index contributed by atoms with van der Waals surface area (Å²) >= 11 is 0. The number of carboxylic acid groups (broad SMARTS) is 2. The first kappa shape index (κ1) is 22.7. The SMILES string of the molecule is CCCCCC(C(=O)[O-])(C(=O)[O-])C(C)C.[Li+].[Na+]. The summed E-state index contributed by atoms with van der Waals surface area (Å²) < 4.78 is 0. The first-order chi connectivity index (χ1) is 6.89. The minimum absolute atomic E-state index is 0. The number of hydrogen-bond donors (Lipinski definition) is 0. The largest absolute Gasteiger partial charge is 1.00 e. The van der Waals surface area contributed by atoms with Gasteiger partial charge in [0.15, 0.2) is 0 Å². The molecule has 0 spiro atoms. The Bertz CT molecular complexity index is 230. The Morgan fingerprint density at radius 3 is 1.76 bits per heavy atom. The number of carboxylic acids is 2. The van der Waals surface area contributed by atoms with Crippen LogP contribution in [0.2, 0.25) is 0 Å². The van der Waals surface area contributed by atoms with E-state index in [1.54, 1.807) is 13.8 Å². The summed E-state index contributed by atoms with van der Waals surface area (Å²) in [5, 5.41) is 21.9. The van der Waals surface area contributed by atoms with Crippen LogP contribution in [0.1, 0.15) is 46.5 Å². The number of carbonyl (C=O) groups excluding carboxylic acids is 2. The van der Waals surface area contributed by atoms with E-state index in [1.165, 1.54) is 0 Å². The molecule has 0 unspecified atom stereocenters. The van der Waals surface area contributed by atoms with Crippen molar-refractivity contribution in [2.24, 2.45) is 11.3 Å². The number of carbonyl (C=O) groups is 2. The van der Waals surface area contributed by atoms with Crippen molar-refractivity contribution in [1.82, 2.24) is 0 Å². The third-order valence-corrected chi connectivity index (χ3v) is 2.89. The van der Waals surface area contributed by atoms with Crippen molar-refractivity contribution in [2.45, 2.75) is 46.5 Å². The topological polar surface area (TPSA) is 80.3 Å². The number of hydrogen-bond acceptors (Lipinski definition) is 4. The van der Waals surface area contributed by atoms with Crippen LogP contribution in [0.4, 0.5) is 0 Å². The standard InChI is InChI=1S/C11H20O4.Li.Na/c1-4-5-6-7-11(8(2)3,9(12)13)10(14)15;;/h8H,4-7H2,1-3H3,(H,12,13)(H,14,15);;/q;2*+1/p-2. The quantitative estimate of drug-likeness (QED) is 0.253. The van der Waals surface area contributed by atoms with Gasteiger partial charge in [0.25, 0.3) is 0 Å². The van der Waals surface area contributed by atoms with Crippen molar-refractivity contribution in [2.75, 3.05) is 0 Å². The van der Waals surface area contributed by atoms with Gasteiger partial charge in [0.1, 0.15) is 0 Å². The van der Waals surface area contributed by atoms with Gasteiger partial charge in [-0.1, -0.05) is 40.0 Å². The summed E-state index contributed by atoms with van der Waals surface area (Å²) in [6, 6.07) is 0. The van der Waals surface area contributed by atoms with Crippen LogP contribution in [-0.2, 0) is 9.59 Å². The molecule has 0 saturated carbocycles. The van der Waals surface area contributed by atoms with Gasteiger partial charge in [-0.25, -0.2) is 0 Å². The summed E-state index contributed by atoms with van der Waals surface area (Å²) in [7, 11) is 0. The predicted molar refractivity (Wildman–Crippen MR) is 51.4 cm³/mol. The zero-order valence-electron chi connectivity index (χ0n) is 11.5. The first-order valence-electron chi connectivity index (χ1n) is 5.32. The number of unbranched alkanes of at least 4 members (excludes halogenated alkanes) is 2. The van der Waals surface area contributed by atoms with Gasteiger partial charge in [-0.15, -0.1) is 0 Å². The molecule has 0 aromatic rings. The minimum Gasteiger partial charge on any atom is -0.549 e. The van der Waals surface area contributed by atoms with Crippen LogP contribution in [-0.4, -0.2) is 11.9 Å². The fourth-order valence-corrected chi connectivity index (χ4v) is 1.70. The van der Waals surface area contributed by atoms with Gasteiger partial charge in [0, 0.05) is 0 Å². The molecule has 0 rings (SSSR count). The smallest absolute Gasteiger partial charge is 0.549 e. The van der Waals surface area contributed by atoms with Gasteiger partial charge in [-0.05, 0) is 12.3 Å². The van der Waals surface area contributed by atoms with Gasteiger partial charge < -0.3 is 19.8 Å². The molecule has 0 aliphatic rings. The molecule has 0 aromatic carbocycles. The Morgan fingerprint density at radius 2 is 1.53 bits per heavy atom. The summed E-state index contributed by atoms with van der Waals surface area (Å²) in [5.41, 5.74) is -1.84. The van der Waals surface area contributed by atoms with E-state index in [4.69, 9.17) is 0 Å². The summed E-state index contributed by atoms with van der Waals surface area (Å²) in [5.74, 6) is -3.59. The Morgan fingerprint density at radius 1 is 1.12 bits per heavy atom. The van der Waals surface area contributed by atoms with Crippen LogP contribution in [0.15, 0.2) is 0 Å². The van der Waals surface area contributed by atoms with Gasteiger partial charge >= 0.3 is 48.4 Å². The van der Waals surface area contributed by atoms with Crippen molar-refractivity contribution in [3.63, 3.8) is 0 Å². The average molecular weight is 244 g/mol. The van der Waals surface area contributed by atoms with Crippen LogP contribution in [0.5, 0.6) is 0 Å². The monoisotopic (exact) mass is 244 g/mol. The molecule has 0 bridgehead atoms. The number of aliphatic carboxylic acids is 2. The molecular formula is C11H18LiNaO4. The molecular weight excluding hydrogens is 226 g/mol. The maximum Gasteiger partial charge on any atom is 1.00 e. The van der Waals surface area contributed by atoms with E-state index < -0.39 is 23.3 Å². The molecule has 88 valence electrons. The minimum atomic E-state index is -1.84. The normalized spacial score (nSPS) is 10.4. The van der Waals surface area contributed by atoms with E-state index in [0.717, 1.165) is 12.8 Å².